The number of hydrogen-bond acceptors (Lipinski definition) is 5. The number of aromatic nitrogens is 3. The average molecular weight is 489 g/mol. The average Bonchev–Trinajstić information content (AvgIpc) is 3.39. The Morgan fingerprint density at radius 2 is 1.92 bits per heavy atom. The smallest absolute Gasteiger partial charge is 0.404 e. The molecule has 1 fully saturated rings. The Hall–Kier alpha value is -4.34. The minimum absolute atomic E-state index is 0.221. The van der Waals surface area contributed by atoms with Crippen molar-refractivity contribution in [3.63, 3.8) is 0 Å². The summed E-state index contributed by atoms with van der Waals surface area (Å²) < 4.78 is 9.12. The fraction of sp³-hybridized carbons (Fsp3) is 0.308. The van der Waals surface area contributed by atoms with Crippen LogP contribution in [-0.4, -0.2) is 56.1 Å². The summed E-state index contributed by atoms with van der Waals surface area (Å²) in [6.07, 6.45) is -0.0220. The molecule has 1 saturated heterocycles. The number of primary amides is 2. The van der Waals surface area contributed by atoms with Crippen molar-refractivity contribution >= 4 is 39.8 Å². The summed E-state index contributed by atoms with van der Waals surface area (Å²) in [5.74, 6) is -0.260. The Labute approximate surface area is 207 Å². The van der Waals surface area contributed by atoms with Crippen molar-refractivity contribution < 1.29 is 19.1 Å². The molecule has 2 aromatic heterocycles. The Morgan fingerprint density at radius 3 is 2.64 bits per heavy atom. The van der Waals surface area contributed by atoms with Gasteiger partial charge in [0.2, 0.25) is 0 Å². The molecule has 10 heteroatoms. The Morgan fingerprint density at radius 1 is 1.14 bits per heavy atom. The van der Waals surface area contributed by atoms with Gasteiger partial charge in [0.25, 0.3) is 11.8 Å². The van der Waals surface area contributed by atoms with Crippen LogP contribution in [0.1, 0.15) is 40.5 Å². The zero-order valence-electron chi connectivity index (χ0n) is 20.2. The minimum atomic E-state index is -0.864. The Bertz CT molecular complexity index is 1520. The lowest BCUT2D eigenvalue weighted by Gasteiger charge is -2.32. The largest absolute Gasteiger partial charge is 0.445 e. The van der Waals surface area contributed by atoms with Crippen molar-refractivity contribution in [2.45, 2.75) is 32.4 Å². The van der Waals surface area contributed by atoms with E-state index in [1.54, 1.807) is 11.0 Å². The number of piperidine rings is 1. The molecular weight excluding hydrogens is 460 g/mol. The monoisotopic (exact) mass is 488 g/mol. The van der Waals surface area contributed by atoms with Gasteiger partial charge >= 0.3 is 6.09 Å². The van der Waals surface area contributed by atoms with E-state index in [-0.39, 0.29) is 18.0 Å². The number of nitrogens with two attached hydrogens (primary N) is 2. The lowest BCUT2D eigenvalue weighted by atomic mass is 10.0. The van der Waals surface area contributed by atoms with Gasteiger partial charge in [-0.2, -0.15) is 0 Å². The number of carbonyl (C=O) groups excluding carboxylic acids is 3. The van der Waals surface area contributed by atoms with Crippen LogP contribution in [0.15, 0.2) is 42.5 Å². The molecule has 5 rings (SSSR count). The van der Waals surface area contributed by atoms with Crippen LogP contribution in [0.25, 0.3) is 33.5 Å². The van der Waals surface area contributed by atoms with Crippen molar-refractivity contribution in [3.05, 3.63) is 53.6 Å². The zero-order valence-corrected chi connectivity index (χ0v) is 20.2. The van der Waals surface area contributed by atoms with Crippen LogP contribution < -0.4 is 11.5 Å². The SMILES string of the molecule is CCn1c(-c2nc3cc(C(=O)N4CCCC(OC(N)=O)C4)cc(C(N)=O)c3n2C)cc2ccccc21. The number of para-hydroxylation sites is 1. The number of carbonyl (C=O) groups is 3. The second kappa shape index (κ2) is 9.03. The highest BCUT2D eigenvalue weighted by atomic mass is 16.6. The minimum Gasteiger partial charge on any atom is -0.445 e. The number of fused-ring (bicyclic) bond motifs is 2. The predicted octanol–water partition coefficient (Wildman–Crippen LogP) is 3.01. The molecule has 1 unspecified atom stereocenters. The van der Waals surface area contributed by atoms with Crippen LogP contribution in [0.2, 0.25) is 0 Å². The third-order valence-corrected chi connectivity index (χ3v) is 6.79. The molecule has 186 valence electrons. The summed E-state index contributed by atoms with van der Waals surface area (Å²) >= 11 is 0. The van der Waals surface area contributed by atoms with Crippen molar-refractivity contribution in [2.24, 2.45) is 18.5 Å². The van der Waals surface area contributed by atoms with Gasteiger partial charge < -0.3 is 30.2 Å². The summed E-state index contributed by atoms with van der Waals surface area (Å²) in [4.78, 5) is 43.5. The lowest BCUT2D eigenvalue weighted by Crippen LogP contribution is -2.44. The molecule has 0 spiro atoms. The molecule has 1 aliphatic rings. The number of ether oxygens (including phenoxy) is 1. The van der Waals surface area contributed by atoms with Crippen LogP contribution in [-0.2, 0) is 18.3 Å². The third kappa shape index (κ3) is 3.94. The van der Waals surface area contributed by atoms with Gasteiger partial charge in [0.05, 0.1) is 28.8 Å². The molecule has 0 saturated carbocycles. The number of rotatable bonds is 5. The van der Waals surface area contributed by atoms with E-state index in [0.717, 1.165) is 23.1 Å². The quantitative estimate of drug-likeness (QED) is 0.445. The summed E-state index contributed by atoms with van der Waals surface area (Å²) in [6, 6.07) is 13.4. The topological polar surface area (TPSA) is 138 Å². The Balaban J connectivity index is 1.60. The molecule has 0 bridgehead atoms. The van der Waals surface area contributed by atoms with E-state index in [9.17, 15) is 14.4 Å². The zero-order chi connectivity index (χ0) is 25.6. The van der Waals surface area contributed by atoms with Crippen molar-refractivity contribution in [3.8, 4) is 11.5 Å². The number of benzene rings is 2. The van der Waals surface area contributed by atoms with Gasteiger partial charge in [-0.3, -0.25) is 9.59 Å². The van der Waals surface area contributed by atoms with E-state index >= 15 is 0 Å². The van der Waals surface area contributed by atoms with Crippen molar-refractivity contribution in [1.82, 2.24) is 19.0 Å². The molecule has 1 atom stereocenters. The summed E-state index contributed by atoms with van der Waals surface area (Å²) in [5, 5.41) is 1.09. The first-order valence-electron chi connectivity index (χ1n) is 11.9. The van der Waals surface area contributed by atoms with Gasteiger partial charge in [-0.1, -0.05) is 18.2 Å². The van der Waals surface area contributed by atoms with Crippen LogP contribution >= 0.6 is 0 Å². The lowest BCUT2D eigenvalue weighted by molar-refractivity contribution is 0.0373. The number of imidazole rings is 1. The van der Waals surface area contributed by atoms with Gasteiger partial charge in [-0.15, -0.1) is 0 Å². The molecular formula is C26H28N6O4. The number of aryl methyl sites for hydroxylation is 2. The van der Waals surface area contributed by atoms with Gasteiger partial charge in [0, 0.05) is 36.6 Å². The first kappa shape index (κ1) is 23.4. The highest BCUT2D eigenvalue weighted by Gasteiger charge is 2.28. The second-order valence-corrected chi connectivity index (χ2v) is 9.04. The maximum Gasteiger partial charge on any atom is 0.404 e. The van der Waals surface area contributed by atoms with Gasteiger partial charge in [-0.05, 0) is 44.0 Å². The fourth-order valence-electron chi connectivity index (χ4n) is 5.19. The predicted molar refractivity (Wildman–Crippen MR) is 135 cm³/mol. The number of amides is 3. The van der Waals surface area contributed by atoms with Gasteiger partial charge in [0.15, 0.2) is 5.82 Å². The first-order valence-corrected chi connectivity index (χ1v) is 11.9. The summed E-state index contributed by atoms with van der Waals surface area (Å²) in [5.41, 5.74) is 14.5. The van der Waals surface area contributed by atoms with E-state index in [4.69, 9.17) is 21.2 Å². The number of likely N-dealkylation sites (tertiary alicyclic amines) is 1. The summed E-state index contributed by atoms with van der Waals surface area (Å²) in [6.45, 7) is 3.54. The van der Waals surface area contributed by atoms with E-state index in [0.29, 0.717) is 41.8 Å². The van der Waals surface area contributed by atoms with Crippen LogP contribution in [0.4, 0.5) is 4.79 Å². The highest BCUT2D eigenvalue weighted by molar-refractivity contribution is 6.09. The molecule has 1 aliphatic heterocycles. The first-order chi connectivity index (χ1) is 17.3. The number of nitrogens with zero attached hydrogens (tertiary/aromatic N) is 4. The van der Waals surface area contributed by atoms with Crippen LogP contribution in [0.5, 0.6) is 0 Å². The van der Waals surface area contributed by atoms with Gasteiger partial charge in [0.1, 0.15) is 6.10 Å². The standard InChI is InChI=1S/C26H28N6O4/c1-3-32-20-9-5-4-7-15(20)13-21(32)24-29-19-12-16(11-18(23(27)33)22(19)30(24)2)25(34)31-10-6-8-17(14-31)36-26(28)35/h4-5,7,9,11-13,17H,3,6,8,10,14H2,1-2H3,(H2,27,33)(H2,28,35). The van der Waals surface area contributed by atoms with Gasteiger partial charge in [-0.25, -0.2) is 9.78 Å². The van der Waals surface area contributed by atoms with E-state index < -0.39 is 18.1 Å². The molecule has 4 N–H and O–H groups in total. The molecule has 4 aromatic rings. The fourth-order valence-corrected chi connectivity index (χ4v) is 5.19. The van der Waals surface area contributed by atoms with Crippen molar-refractivity contribution in [2.75, 3.05) is 13.1 Å². The number of hydrogen-bond donors (Lipinski definition) is 2. The highest BCUT2D eigenvalue weighted by Crippen LogP contribution is 2.32. The van der Waals surface area contributed by atoms with Crippen LogP contribution in [0, 0.1) is 0 Å². The Kier molecular flexibility index (Phi) is 5.87. The maximum atomic E-state index is 13.4. The maximum absolute atomic E-state index is 13.4. The van der Waals surface area contributed by atoms with Crippen LogP contribution in [0.3, 0.4) is 0 Å². The molecule has 36 heavy (non-hydrogen) atoms. The second-order valence-electron chi connectivity index (χ2n) is 9.04. The van der Waals surface area contributed by atoms with E-state index in [2.05, 4.69) is 23.6 Å². The molecule has 10 nitrogen and oxygen atoms in total. The molecule has 3 amide bonds. The van der Waals surface area contributed by atoms with E-state index in [1.807, 2.05) is 29.8 Å². The van der Waals surface area contributed by atoms with Crippen molar-refractivity contribution in [1.29, 1.82) is 0 Å². The normalized spacial score (nSPS) is 15.9. The molecule has 3 heterocycles. The molecule has 0 radical (unpaired) electrons. The molecule has 0 aliphatic carbocycles. The van der Waals surface area contributed by atoms with E-state index in [1.165, 1.54) is 6.07 Å². The third-order valence-electron chi connectivity index (χ3n) is 6.79. The molecule has 2 aromatic carbocycles. The summed E-state index contributed by atoms with van der Waals surface area (Å²) in [7, 11) is 1.84.